The molecule has 1 saturated heterocycles. The van der Waals surface area contributed by atoms with Gasteiger partial charge in [-0.2, -0.15) is 0 Å². The van der Waals surface area contributed by atoms with Crippen LogP contribution in [0.15, 0.2) is 0 Å². The van der Waals surface area contributed by atoms with Crippen LogP contribution in [0.5, 0.6) is 0 Å². The van der Waals surface area contributed by atoms with Crippen molar-refractivity contribution in [3.05, 3.63) is 0 Å². The molecule has 0 spiro atoms. The number of carboxylic acids is 1. The van der Waals surface area contributed by atoms with E-state index in [0.29, 0.717) is 12.0 Å². The SMILES string of the molecule is CCC(CC)(CN1CCCC(C)(C)C1)C(=O)O. The van der Waals surface area contributed by atoms with Gasteiger partial charge >= 0.3 is 5.97 Å². The molecular weight excluding hydrogens is 214 g/mol. The van der Waals surface area contributed by atoms with E-state index in [2.05, 4.69) is 18.7 Å². The molecule has 0 amide bonds. The topological polar surface area (TPSA) is 40.5 Å². The highest BCUT2D eigenvalue weighted by Gasteiger charge is 2.38. The second kappa shape index (κ2) is 5.38. The van der Waals surface area contributed by atoms with Gasteiger partial charge in [0.25, 0.3) is 0 Å². The molecule has 0 bridgehead atoms. The molecule has 1 rings (SSSR count). The fourth-order valence-electron chi connectivity index (χ4n) is 2.95. The van der Waals surface area contributed by atoms with Crippen molar-refractivity contribution >= 4 is 5.97 Å². The van der Waals surface area contributed by atoms with Crippen molar-refractivity contribution in [2.24, 2.45) is 10.8 Å². The molecule has 100 valence electrons. The average molecular weight is 241 g/mol. The lowest BCUT2D eigenvalue weighted by molar-refractivity contribution is -0.151. The summed E-state index contributed by atoms with van der Waals surface area (Å²) in [5, 5.41) is 9.46. The average Bonchev–Trinajstić information content (AvgIpc) is 2.24. The number of carbonyl (C=O) groups is 1. The lowest BCUT2D eigenvalue weighted by atomic mass is 9.79. The van der Waals surface area contributed by atoms with Gasteiger partial charge in [0.1, 0.15) is 0 Å². The van der Waals surface area contributed by atoms with Crippen molar-refractivity contribution in [3.8, 4) is 0 Å². The Morgan fingerprint density at radius 2 is 1.94 bits per heavy atom. The fourth-order valence-corrected chi connectivity index (χ4v) is 2.95. The lowest BCUT2D eigenvalue weighted by Gasteiger charge is -2.42. The third kappa shape index (κ3) is 3.44. The summed E-state index contributed by atoms with van der Waals surface area (Å²) in [7, 11) is 0. The first-order valence-corrected chi connectivity index (χ1v) is 6.81. The number of hydrogen-bond acceptors (Lipinski definition) is 2. The minimum absolute atomic E-state index is 0.337. The van der Waals surface area contributed by atoms with E-state index in [1.54, 1.807) is 0 Å². The Hall–Kier alpha value is -0.570. The molecule has 0 aromatic rings. The highest BCUT2D eigenvalue weighted by atomic mass is 16.4. The van der Waals surface area contributed by atoms with Gasteiger partial charge in [-0.15, -0.1) is 0 Å². The second-order valence-corrected chi connectivity index (χ2v) is 6.27. The van der Waals surface area contributed by atoms with Crippen molar-refractivity contribution in [2.75, 3.05) is 19.6 Å². The Balaban J connectivity index is 2.71. The van der Waals surface area contributed by atoms with Gasteiger partial charge in [0.2, 0.25) is 0 Å². The molecule has 0 aromatic carbocycles. The minimum Gasteiger partial charge on any atom is -0.481 e. The Bertz CT molecular complexity index is 269. The van der Waals surface area contributed by atoms with E-state index in [9.17, 15) is 9.90 Å². The molecule has 0 aromatic heterocycles. The molecule has 0 saturated carbocycles. The zero-order chi connectivity index (χ0) is 13.1. The molecule has 1 fully saturated rings. The smallest absolute Gasteiger partial charge is 0.310 e. The molecule has 1 heterocycles. The van der Waals surface area contributed by atoms with Gasteiger partial charge in [-0.05, 0) is 37.6 Å². The Kier molecular flexibility index (Phi) is 4.59. The Morgan fingerprint density at radius 3 is 2.35 bits per heavy atom. The van der Waals surface area contributed by atoms with Crippen molar-refractivity contribution in [2.45, 2.75) is 53.4 Å². The van der Waals surface area contributed by atoms with E-state index in [1.165, 1.54) is 12.8 Å². The number of aliphatic carboxylic acids is 1. The van der Waals surface area contributed by atoms with Crippen LogP contribution >= 0.6 is 0 Å². The predicted molar refractivity (Wildman–Crippen MR) is 70.1 cm³/mol. The lowest BCUT2D eigenvalue weighted by Crippen LogP contribution is -2.48. The van der Waals surface area contributed by atoms with Gasteiger partial charge in [-0.25, -0.2) is 0 Å². The van der Waals surface area contributed by atoms with Crippen molar-refractivity contribution in [1.82, 2.24) is 4.90 Å². The maximum Gasteiger partial charge on any atom is 0.310 e. The summed E-state index contributed by atoms with van der Waals surface area (Å²) in [6.07, 6.45) is 3.88. The van der Waals surface area contributed by atoms with Crippen molar-refractivity contribution < 1.29 is 9.90 Å². The molecule has 1 aliphatic rings. The molecule has 17 heavy (non-hydrogen) atoms. The summed E-state index contributed by atoms with van der Waals surface area (Å²) in [5.74, 6) is -0.633. The van der Waals surface area contributed by atoms with Crippen LogP contribution in [0.2, 0.25) is 0 Å². The van der Waals surface area contributed by atoms with Crippen LogP contribution in [0.25, 0.3) is 0 Å². The third-order valence-electron chi connectivity index (χ3n) is 4.31. The summed E-state index contributed by atoms with van der Waals surface area (Å²) < 4.78 is 0. The first-order valence-electron chi connectivity index (χ1n) is 6.81. The van der Waals surface area contributed by atoms with Crippen LogP contribution in [-0.4, -0.2) is 35.6 Å². The molecule has 1 aliphatic heterocycles. The fraction of sp³-hybridized carbons (Fsp3) is 0.929. The van der Waals surface area contributed by atoms with Crippen LogP contribution in [0.4, 0.5) is 0 Å². The minimum atomic E-state index is -0.633. The van der Waals surface area contributed by atoms with Crippen molar-refractivity contribution in [3.63, 3.8) is 0 Å². The highest BCUT2D eigenvalue weighted by Crippen LogP contribution is 2.33. The second-order valence-electron chi connectivity index (χ2n) is 6.27. The van der Waals surface area contributed by atoms with Crippen LogP contribution in [0.3, 0.4) is 0 Å². The normalized spacial score (nSPS) is 21.4. The Morgan fingerprint density at radius 1 is 1.35 bits per heavy atom. The number of carboxylic acid groups (broad SMARTS) is 1. The number of likely N-dealkylation sites (tertiary alicyclic amines) is 1. The first kappa shape index (κ1) is 14.5. The standard InChI is InChI=1S/C14H27NO2/c1-5-14(6-2,12(16)17)11-15-9-7-8-13(3,4)10-15/h5-11H2,1-4H3,(H,16,17). The molecule has 1 N–H and O–H groups in total. The zero-order valence-electron chi connectivity index (χ0n) is 11.8. The largest absolute Gasteiger partial charge is 0.481 e. The van der Waals surface area contributed by atoms with E-state index in [4.69, 9.17) is 0 Å². The van der Waals surface area contributed by atoms with E-state index in [1.807, 2.05) is 13.8 Å². The van der Waals surface area contributed by atoms with E-state index < -0.39 is 11.4 Å². The van der Waals surface area contributed by atoms with Crippen LogP contribution < -0.4 is 0 Å². The summed E-state index contributed by atoms with van der Waals surface area (Å²) in [6.45, 7) is 11.3. The molecule has 0 unspecified atom stereocenters. The summed E-state index contributed by atoms with van der Waals surface area (Å²) in [6, 6.07) is 0. The van der Waals surface area contributed by atoms with Crippen molar-refractivity contribution in [1.29, 1.82) is 0 Å². The molecule has 3 heteroatoms. The first-order chi connectivity index (χ1) is 7.85. The number of piperidine rings is 1. The number of nitrogens with zero attached hydrogens (tertiary/aromatic N) is 1. The van der Waals surface area contributed by atoms with Gasteiger partial charge in [0.05, 0.1) is 5.41 Å². The Labute approximate surface area is 105 Å². The predicted octanol–water partition coefficient (Wildman–Crippen LogP) is 3.00. The highest BCUT2D eigenvalue weighted by molar-refractivity contribution is 5.74. The van der Waals surface area contributed by atoms with Crippen LogP contribution in [-0.2, 0) is 4.79 Å². The van der Waals surface area contributed by atoms with Gasteiger partial charge < -0.3 is 10.0 Å². The number of rotatable bonds is 5. The molecule has 0 atom stereocenters. The van der Waals surface area contributed by atoms with Gasteiger partial charge in [-0.1, -0.05) is 27.7 Å². The summed E-state index contributed by atoms with van der Waals surface area (Å²) in [4.78, 5) is 13.8. The van der Waals surface area contributed by atoms with Gasteiger partial charge in [-0.3, -0.25) is 4.79 Å². The molecule has 0 radical (unpaired) electrons. The maximum atomic E-state index is 11.5. The van der Waals surface area contributed by atoms with Gasteiger partial charge in [0, 0.05) is 13.1 Å². The zero-order valence-corrected chi connectivity index (χ0v) is 11.8. The third-order valence-corrected chi connectivity index (χ3v) is 4.31. The van der Waals surface area contributed by atoms with Crippen LogP contribution in [0, 0.1) is 10.8 Å². The molecular formula is C14H27NO2. The van der Waals surface area contributed by atoms with Crippen LogP contribution in [0.1, 0.15) is 53.4 Å². The quantitative estimate of drug-likeness (QED) is 0.804. The summed E-state index contributed by atoms with van der Waals surface area (Å²) in [5.41, 5.74) is -0.211. The van der Waals surface area contributed by atoms with E-state index in [-0.39, 0.29) is 0 Å². The number of hydrogen-bond donors (Lipinski definition) is 1. The van der Waals surface area contributed by atoms with E-state index >= 15 is 0 Å². The molecule has 0 aliphatic carbocycles. The summed E-state index contributed by atoms with van der Waals surface area (Å²) >= 11 is 0. The van der Waals surface area contributed by atoms with Gasteiger partial charge in [0.15, 0.2) is 0 Å². The monoisotopic (exact) mass is 241 g/mol. The van der Waals surface area contributed by atoms with E-state index in [0.717, 1.165) is 25.9 Å². The molecule has 3 nitrogen and oxygen atoms in total. The maximum absolute atomic E-state index is 11.5.